The van der Waals surface area contributed by atoms with Crippen LogP contribution in [0, 0.1) is 11.3 Å². The van der Waals surface area contributed by atoms with Gasteiger partial charge >= 0.3 is 0 Å². The molecule has 0 N–H and O–H groups in total. The van der Waals surface area contributed by atoms with Crippen LogP contribution in [0.25, 0.3) is 16.9 Å². The Hall–Kier alpha value is -2.77. The van der Waals surface area contributed by atoms with Crippen molar-refractivity contribution in [3.63, 3.8) is 0 Å². The lowest BCUT2D eigenvalue weighted by molar-refractivity contribution is 0.414. The van der Waals surface area contributed by atoms with Crippen LogP contribution in [0.15, 0.2) is 54.6 Å². The summed E-state index contributed by atoms with van der Waals surface area (Å²) in [5.74, 6) is 0.780. The number of nitriles is 1. The Morgan fingerprint density at radius 2 is 1.77 bits per heavy atom. The summed E-state index contributed by atoms with van der Waals surface area (Å²) in [4.78, 5) is 0. The standard InChI is InChI=1S/C17H12ClN3O/c1-22-15-8-6-14(7-9-15)21-16(10-17(18)20-21)13-4-2-12(11-19)3-5-13/h2-10H,1H3. The maximum absolute atomic E-state index is 8.88. The fraction of sp³-hybridized carbons (Fsp3) is 0.0588. The van der Waals surface area contributed by atoms with Crippen molar-refractivity contribution in [3.8, 4) is 28.8 Å². The molecule has 5 heteroatoms. The number of hydrogen-bond acceptors (Lipinski definition) is 3. The predicted molar refractivity (Wildman–Crippen MR) is 85.3 cm³/mol. The number of rotatable bonds is 3. The van der Waals surface area contributed by atoms with Crippen LogP contribution < -0.4 is 4.74 Å². The van der Waals surface area contributed by atoms with Crippen LogP contribution in [0.1, 0.15) is 5.56 Å². The number of ether oxygens (including phenoxy) is 1. The molecular weight excluding hydrogens is 298 g/mol. The first-order chi connectivity index (χ1) is 10.7. The van der Waals surface area contributed by atoms with Crippen molar-refractivity contribution in [2.24, 2.45) is 0 Å². The Bertz CT molecular complexity index is 830. The van der Waals surface area contributed by atoms with Gasteiger partial charge in [-0.3, -0.25) is 0 Å². The van der Waals surface area contributed by atoms with Gasteiger partial charge in [0.25, 0.3) is 0 Å². The fourth-order valence-electron chi connectivity index (χ4n) is 2.19. The molecule has 0 atom stereocenters. The summed E-state index contributed by atoms with van der Waals surface area (Å²) in [6.07, 6.45) is 0. The van der Waals surface area contributed by atoms with E-state index in [2.05, 4.69) is 11.2 Å². The molecule has 1 aromatic heterocycles. The third-order valence-corrected chi connectivity index (χ3v) is 3.49. The van der Waals surface area contributed by atoms with Crippen LogP contribution >= 0.6 is 11.6 Å². The van der Waals surface area contributed by atoms with Crippen molar-refractivity contribution in [1.29, 1.82) is 5.26 Å². The zero-order valence-corrected chi connectivity index (χ0v) is 12.6. The Labute approximate surface area is 133 Å². The molecule has 0 fully saturated rings. The van der Waals surface area contributed by atoms with Gasteiger partial charge in [-0.2, -0.15) is 10.4 Å². The molecule has 0 radical (unpaired) electrons. The minimum atomic E-state index is 0.412. The van der Waals surface area contributed by atoms with Crippen LogP contribution in [0.5, 0.6) is 5.75 Å². The number of nitrogens with zero attached hydrogens (tertiary/aromatic N) is 3. The summed E-state index contributed by atoms with van der Waals surface area (Å²) in [5, 5.41) is 13.6. The molecule has 1 heterocycles. The monoisotopic (exact) mass is 309 g/mol. The van der Waals surface area contributed by atoms with Crippen LogP contribution in [0.4, 0.5) is 0 Å². The van der Waals surface area contributed by atoms with Gasteiger partial charge in [0.2, 0.25) is 0 Å². The van der Waals surface area contributed by atoms with Crippen LogP contribution in [-0.2, 0) is 0 Å². The lowest BCUT2D eigenvalue weighted by atomic mass is 10.1. The molecule has 0 aliphatic rings. The van der Waals surface area contributed by atoms with E-state index in [0.29, 0.717) is 10.7 Å². The van der Waals surface area contributed by atoms with Crippen LogP contribution in [0.3, 0.4) is 0 Å². The minimum Gasteiger partial charge on any atom is -0.497 e. The van der Waals surface area contributed by atoms with E-state index >= 15 is 0 Å². The van der Waals surface area contributed by atoms with Gasteiger partial charge in [-0.05, 0) is 36.4 Å². The average Bonchev–Trinajstić information content (AvgIpc) is 2.97. The van der Waals surface area contributed by atoms with Gasteiger partial charge in [0.1, 0.15) is 5.75 Å². The minimum absolute atomic E-state index is 0.412. The molecule has 0 amide bonds. The molecule has 2 aromatic carbocycles. The summed E-state index contributed by atoms with van der Waals surface area (Å²) >= 11 is 6.07. The van der Waals surface area contributed by atoms with Crippen molar-refractivity contribution in [1.82, 2.24) is 9.78 Å². The van der Waals surface area contributed by atoms with Crippen molar-refractivity contribution < 1.29 is 4.74 Å². The van der Waals surface area contributed by atoms with Crippen molar-refractivity contribution in [2.45, 2.75) is 0 Å². The quantitative estimate of drug-likeness (QED) is 0.732. The second-order valence-electron chi connectivity index (χ2n) is 4.65. The summed E-state index contributed by atoms with van der Waals surface area (Å²) in [5.41, 5.74) is 3.30. The third kappa shape index (κ3) is 2.67. The van der Waals surface area contributed by atoms with Gasteiger partial charge < -0.3 is 4.74 Å². The molecule has 4 nitrogen and oxygen atoms in total. The Morgan fingerprint density at radius 3 is 2.36 bits per heavy atom. The van der Waals surface area contributed by atoms with Crippen LogP contribution in [0.2, 0.25) is 5.15 Å². The van der Waals surface area contributed by atoms with Crippen LogP contribution in [-0.4, -0.2) is 16.9 Å². The molecule has 0 aliphatic heterocycles. The highest BCUT2D eigenvalue weighted by Gasteiger charge is 2.11. The average molecular weight is 310 g/mol. The van der Waals surface area contributed by atoms with E-state index in [1.54, 1.807) is 30.0 Å². The zero-order chi connectivity index (χ0) is 15.5. The molecule has 0 aliphatic carbocycles. The highest BCUT2D eigenvalue weighted by molar-refractivity contribution is 6.29. The van der Waals surface area contributed by atoms with E-state index in [1.807, 2.05) is 36.4 Å². The predicted octanol–water partition coefficient (Wildman–Crippen LogP) is 4.07. The second kappa shape index (κ2) is 5.92. The first-order valence-corrected chi connectivity index (χ1v) is 6.99. The van der Waals surface area contributed by atoms with E-state index in [4.69, 9.17) is 21.6 Å². The zero-order valence-electron chi connectivity index (χ0n) is 11.8. The Kier molecular flexibility index (Phi) is 3.82. The van der Waals surface area contributed by atoms with Gasteiger partial charge in [-0.15, -0.1) is 0 Å². The second-order valence-corrected chi connectivity index (χ2v) is 5.04. The number of aromatic nitrogens is 2. The molecule has 0 bridgehead atoms. The molecule has 3 rings (SSSR count). The number of benzene rings is 2. The van der Waals surface area contributed by atoms with Crippen molar-refractivity contribution >= 4 is 11.6 Å². The molecular formula is C17H12ClN3O. The maximum atomic E-state index is 8.88. The Morgan fingerprint density at radius 1 is 1.09 bits per heavy atom. The van der Waals surface area contributed by atoms with E-state index in [0.717, 1.165) is 22.7 Å². The Balaban J connectivity index is 2.06. The molecule has 108 valence electrons. The molecule has 0 spiro atoms. The van der Waals surface area contributed by atoms with Gasteiger partial charge in [0, 0.05) is 11.6 Å². The first kappa shape index (κ1) is 14.2. The summed E-state index contributed by atoms with van der Waals surface area (Å²) in [7, 11) is 1.63. The van der Waals surface area contributed by atoms with Gasteiger partial charge in [-0.1, -0.05) is 23.7 Å². The highest BCUT2D eigenvalue weighted by atomic mass is 35.5. The molecule has 3 aromatic rings. The van der Waals surface area contributed by atoms with Gasteiger partial charge in [-0.25, -0.2) is 4.68 Å². The van der Waals surface area contributed by atoms with E-state index in [-0.39, 0.29) is 0 Å². The topological polar surface area (TPSA) is 50.8 Å². The van der Waals surface area contributed by atoms with Crippen molar-refractivity contribution in [3.05, 3.63) is 65.3 Å². The number of halogens is 1. The summed E-state index contributed by atoms with van der Waals surface area (Å²) < 4.78 is 6.93. The molecule has 0 saturated carbocycles. The highest BCUT2D eigenvalue weighted by Crippen LogP contribution is 2.27. The largest absolute Gasteiger partial charge is 0.497 e. The molecule has 0 unspecified atom stereocenters. The van der Waals surface area contributed by atoms with Crippen molar-refractivity contribution in [2.75, 3.05) is 7.11 Å². The van der Waals surface area contributed by atoms with Gasteiger partial charge in [0.05, 0.1) is 30.1 Å². The molecule has 0 saturated heterocycles. The van der Waals surface area contributed by atoms with E-state index in [9.17, 15) is 0 Å². The fourth-order valence-corrected chi connectivity index (χ4v) is 2.37. The first-order valence-electron chi connectivity index (χ1n) is 6.62. The SMILES string of the molecule is COc1ccc(-n2nc(Cl)cc2-c2ccc(C#N)cc2)cc1. The maximum Gasteiger partial charge on any atom is 0.152 e. The van der Waals surface area contributed by atoms with E-state index < -0.39 is 0 Å². The lowest BCUT2D eigenvalue weighted by Crippen LogP contribution is -1.99. The smallest absolute Gasteiger partial charge is 0.152 e. The summed E-state index contributed by atoms with van der Waals surface area (Å²) in [6.45, 7) is 0. The van der Waals surface area contributed by atoms with E-state index in [1.165, 1.54) is 0 Å². The number of methoxy groups -OCH3 is 1. The third-order valence-electron chi connectivity index (χ3n) is 3.31. The summed E-state index contributed by atoms with van der Waals surface area (Å²) in [6, 6.07) is 18.8. The lowest BCUT2D eigenvalue weighted by Gasteiger charge is -2.08. The number of hydrogen-bond donors (Lipinski definition) is 0. The molecule has 22 heavy (non-hydrogen) atoms. The normalized spacial score (nSPS) is 10.2. The van der Waals surface area contributed by atoms with Gasteiger partial charge in [0.15, 0.2) is 5.15 Å².